The number of benzene rings is 1. The summed E-state index contributed by atoms with van der Waals surface area (Å²) in [6.07, 6.45) is 3.48. The summed E-state index contributed by atoms with van der Waals surface area (Å²) in [7, 11) is 0. The molecule has 0 saturated heterocycles. The van der Waals surface area contributed by atoms with Gasteiger partial charge in [-0.25, -0.2) is 4.98 Å². The summed E-state index contributed by atoms with van der Waals surface area (Å²) in [6, 6.07) is 8.27. The van der Waals surface area contributed by atoms with Crippen molar-refractivity contribution in [1.29, 1.82) is 0 Å². The molecule has 0 radical (unpaired) electrons. The lowest BCUT2D eigenvalue weighted by Gasteiger charge is -2.05. The van der Waals surface area contributed by atoms with Gasteiger partial charge in [-0.1, -0.05) is 24.3 Å². The van der Waals surface area contributed by atoms with Crippen LogP contribution in [0.25, 0.3) is 11.3 Å². The highest BCUT2D eigenvalue weighted by Crippen LogP contribution is 2.18. The molecule has 1 aromatic heterocycles. The largest absolute Gasteiger partial charge is 0.345 e. The van der Waals surface area contributed by atoms with Crippen LogP contribution in [-0.4, -0.2) is 9.97 Å². The lowest BCUT2D eigenvalue weighted by atomic mass is 10.1. The Kier molecular flexibility index (Phi) is 2.33. The number of hydrogen-bond acceptors (Lipinski definition) is 2. The maximum atomic E-state index is 5.76. The Morgan fingerprint density at radius 1 is 1.29 bits per heavy atom. The van der Waals surface area contributed by atoms with E-state index in [1.807, 2.05) is 31.2 Å². The van der Waals surface area contributed by atoms with E-state index in [1.54, 1.807) is 12.5 Å². The molecule has 0 spiro atoms. The van der Waals surface area contributed by atoms with Crippen molar-refractivity contribution < 1.29 is 0 Å². The second-order valence-electron chi connectivity index (χ2n) is 3.38. The zero-order valence-corrected chi connectivity index (χ0v) is 8.07. The van der Waals surface area contributed by atoms with E-state index in [2.05, 4.69) is 9.97 Å². The maximum Gasteiger partial charge on any atom is 0.0924 e. The van der Waals surface area contributed by atoms with Crippen LogP contribution in [0.4, 0.5) is 0 Å². The summed E-state index contributed by atoms with van der Waals surface area (Å²) in [5, 5.41) is 0. The molecule has 1 unspecified atom stereocenters. The van der Waals surface area contributed by atoms with Gasteiger partial charge in [-0.3, -0.25) is 0 Å². The van der Waals surface area contributed by atoms with Crippen LogP contribution in [0, 0.1) is 0 Å². The zero-order chi connectivity index (χ0) is 9.97. The molecule has 2 rings (SSSR count). The molecule has 0 aliphatic heterocycles. The topological polar surface area (TPSA) is 54.7 Å². The third-order valence-corrected chi connectivity index (χ3v) is 2.25. The molecule has 0 amide bonds. The van der Waals surface area contributed by atoms with Crippen molar-refractivity contribution in [3.63, 3.8) is 0 Å². The van der Waals surface area contributed by atoms with E-state index in [-0.39, 0.29) is 6.04 Å². The minimum Gasteiger partial charge on any atom is -0.345 e. The molecule has 3 heteroatoms. The van der Waals surface area contributed by atoms with Crippen molar-refractivity contribution in [2.45, 2.75) is 13.0 Å². The Morgan fingerprint density at radius 2 is 2.00 bits per heavy atom. The van der Waals surface area contributed by atoms with Crippen LogP contribution >= 0.6 is 0 Å². The number of nitrogens with two attached hydrogens (primary N) is 1. The van der Waals surface area contributed by atoms with E-state index in [4.69, 9.17) is 5.73 Å². The highest BCUT2D eigenvalue weighted by molar-refractivity contribution is 5.58. The summed E-state index contributed by atoms with van der Waals surface area (Å²) in [5.41, 5.74) is 9.07. The number of aromatic nitrogens is 2. The SMILES string of the molecule is CC(N)c1ccc(-c2cnc[nH]2)cc1. The molecular formula is C11H13N3. The number of H-pyrrole nitrogens is 1. The van der Waals surface area contributed by atoms with Crippen molar-refractivity contribution in [3.8, 4) is 11.3 Å². The normalized spacial score (nSPS) is 12.7. The van der Waals surface area contributed by atoms with Crippen LogP contribution in [0.3, 0.4) is 0 Å². The minimum absolute atomic E-state index is 0.0887. The van der Waals surface area contributed by atoms with Crippen LogP contribution in [0.15, 0.2) is 36.8 Å². The molecule has 0 aliphatic rings. The molecule has 1 heterocycles. The van der Waals surface area contributed by atoms with Gasteiger partial charge < -0.3 is 10.7 Å². The summed E-state index contributed by atoms with van der Waals surface area (Å²) >= 11 is 0. The predicted octanol–water partition coefficient (Wildman–Crippen LogP) is 2.10. The van der Waals surface area contributed by atoms with Gasteiger partial charge in [-0.2, -0.15) is 0 Å². The van der Waals surface area contributed by atoms with E-state index in [0.717, 1.165) is 16.8 Å². The van der Waals surface area contributed by atoms with E-state index >= 15 is 0 Å². The van der Waals surface area contributed by atoms with Crippen LogP contribution in [0.2, 0.25) is 0 Å². The van der Waals surface area contributed by atoms with Gasteiger partial charge >= 0.3 is 0 Å². The van der Waals surface area contributed by atoms with Gasteiger partial charge in [0.05, 0.1) is 18.2 Å². The van der Waals surface area contributed by atoms with Crippen LogP contribution < -0.4 is 5.73 Å². The average Bonchev–Trinajstić information content (AvgIpc) is 2.71. The molecule has 0 bridgehead atoms. The van der Waals surface area contributed by atoms with Crippen molar-refractivity contribution in [1.82, 2.24) is 9.97 Å². The molecule has 1 aromatic carbocycles. The van der Waals surface area contributed by atoms with E-state index in [1.165, 1.54) is 0 Å². The van der Waals surface area contributed by atoms with Gasteiger partial charge in [0.25, 0.3) is 0 Å². The van der Waals surface area contributed by atoms with Gasteiger partial charge in [-0.15, -0.1) is 0 Å². The molecule has 2 aromatic rings. The second kappa shape index (κ2) is 3.64. The summed E-state index contributed by atoms with van der Waals surface area (Å²) in [4.78, 5) is 7.04. The maximum absolute atomic E-state index is 5.76. The summed E-state index contributed by atoms with van der Waals surface area (Å²) < 4.78 is 0. The van der Waals surface area contributed by atoms with Crippen molar-refractivity contribution in [3.05, 3.63) is 42.4 Å². The Morgan fingerprint density at radius 3 is 2.50 bits per heavy atom. The van der Waals surface area contributed by atoms with Gasteiger partial charge in [0.2, 0.25) is 0 Å². The van der Waals surface area contributed by atoms with Gasteiger partial charge in [0.15, 0.2) is 0 Å². The lowest BCUT2D eigenvalue weighted by Crippen LogP contribution is -2.04. The fourth-order valence-electron chi connectivity index (χ4n) is 1.38. The van der Waals surface area contributed by atoms with E-state index in [0.29, 0.717) is 0 Å². The Labute approximate surface area is 83.0 Å². The molecule has 3 nitrogen and oxygen atoms in total. The van der Waals surface area contributed by atoms with Gasteiger partial charge in [-0.05, 0) is 18.1 Å². The number of nitrogens with zero attached hydrogens (tertiary/aromatic N) is 1. The van der Waals surface area contributed by atoms with Gasteiger partial charge in [0.1, 0.15) is 0 Å². The number of imidazole rings is 1. The fourth-order valence-corrected chi connectivity index (χ4v) is 1.38. The smallest absolute Gasteiger partial charge is 0.0924 e. The molecule has 3 N–H and O–H groups in total. The Balaban J connectivity index is 2.31. The fraction of sp³-hybridized carbons (Fsp3) is 0.182. The molecule has 1 atom stereocenters. The van der Waals surface area contributed by atoms with Crippen molar-refractivity contribution in [2.75, 3.05) is 0 Å². The third-order valence-electron chi connectivity index (χ3n) is 2.25. The second-order valence-corrected chi connectivity index (χ2v) is 3.38. The first-order valence-corrected chi connectivity index (χ1v) is 4.61. The van der Waals surface area contributed by atoms with Crippen LogP contribution in [-0.2, 0) is 0 Å². The van der Waals surface area contributed by atoms with Crippen molar-refractivity contribution >= 4 is 0 Å². The summed E-state index contributed by atoms with van der Waals surface area (Å²) in [6.45, 7) is 1.98. The van der Waals surface area contributed by atoms with Crippen molar-refractivity contribution in [2.24, 2.45) is 5.73 Å². The first-order chi connectivity index (χ1) is 6.77. The number of hydrogen-bond donors (Lipinski definition) is 2. The zero-order valence-electron chi connectivity index (χ0n) is 8.07. The van der Waals surface area contributed by atoms with E-state index < -0.39 is 0 Å². The number of aromatic amines is 1. The summed E-state index contributed by atoms with van der Waals surface area (Å²) in [5.74, 6) is 0. The standard InChI is InChI=1S/C11H13N3/c1-8(12)9-2-4-10(5-3-9)11-6-13-7-14-11/h2-8H,12H2,1H3,(H,13,14). The number of nitrogens with one attached hydrogen (secondary N) is 1. The average molecular weight is 187 g/mol. The first-order valence-electron chi connectivity index (χ1n) is 4.61. The van der Waals surface area contributed by atoms with Crippen LogP contribution in [0.5, 0.6) is 0 Å². The lowest BCUT2D eigenvalue weighted by molar-refractivity contribution is 0.818. The molecule has 72 valence electrons. The third kappa shape index (κ3) is 1.67. The predicted molar refractivity (Wildman–Crippen MR) is 56.6 cm³/mol. The highest BCUT2D eigenvalue weighted by Gasteiger charge is 2.01. The first kappa shape index (κ1) is 8.97. The Hall–Kier alpha value is -1.61. The minimum atomic E-state index is 0.0887. The Bertz CT molecular complexity index is 387. The van der Waals surface area contributed by atoms with E-state index in [9.17, 15) is 0 Å². The quantitative estimate of drug-likeness (QED) is 0.756. The molecule has 0 fully saturated rings. The molecule has 0 aliphatic carbocycles. The van der Waals surface area contributed by atoms with Crippen LogP contribution in [0.1, 0.15) is 18.5 Å². The molecular weight excluding hydrogens is 174 g/mol. The molecule has 14 heavy (non-hydrogen) atoms. The monoisotopic (exact) mass is 187 g/mol. The van der Waals surface area contributed by atoms with Gasteiger partial charge in [0, 0.05) is 6.04 Å². The highest BCUT2D eigenvalue weighted by atomic mass is 14.9. The molecule has 0 saturated carbocycles. The number of rotatable bonds is 2.